The molecule has 1 aromatic rings. The van der Waals surface area contributed by atoms with Gasteiger partial charge in [0.05, 0.1) is 11.0 Å². The third-order valence-corrected chi connectivity index (χ3v) is 3.48. The smallest absolute Gasteiger partial charge is 0.282 e. The molecule has 116 valence electrons. The van der Waals surface area contributed by atoms with E-state index in [-0.39, 0.29) is 23.7 Å². The van der Waals surface area contributed by atoms with Gasteiger partial charge in [-0.2, -0.15) is 0 Å². The molecule has 0 saturated carbocycles. The monoisotopic (exact) mass is 294 g/mol. The van der Waals surface area contributed by atoms with Crippen LogP contribution in [0.3, 0.4) is 0 Å². The van der Waals surface area contributed by atoms with E-state index in [0.29, 0.717) is 0 Å². The normalized spacial score (nSPS) is 13.0. The second kappa shape index (κ2) is 6.67. The molecule has 0 fully saturated rings. The lowest BCUT2D eigenvalue weighted by Gasteiger charge is -2.33. The molecule has 0 spiro atoms. The van der Waals surface area contributed by atoms with Gasteiger partial charge >= 0.3 is 0 Å². The molecule has 1 rings (SSSR count). The average molecular weight is 294 g/mol. The zero-order valence-electron chi connectivity index (χ0n) is 12.8. The Labute approximate surface area is 124 Å². The van der Waals surface area contributed by atoms with E-state index in [9.17, 15) is 20.0 Å². The minimum atomic E-state index is -0.580. The lowest BCUT2D eigenvalue weighted by molar-refractivity contribution is -0.385. The predicted octanol–water partition coefficient (Wildman–Crippen LogP) is 2.37. The topological polar surface area (TPSA) is 92.5 Å². The molecule has 0 aliphatic heterocycles. The Morgan fingerprint density at radius 3 is 2.48 bits per heavy atom. The highest BCUT2D eigenvalue weighted by molar-refractivity contribution is 5.98. The number of nitro groups is 1. The fraction of sp³-hybridized carbons (Fsp3) is 0.533. The van der Waals surface area contributed by atoms with Crippen LogP contribution in [-0.4, -0.2) is 28.6 Å². The van der Waals surface area contributed by atoms with Gasteiger partial charge in [0.15, 0.2) is 0 Å². The van der Waals surface area contributed by atoms with Gasteiger partial charge in [-0.1, -0.05) is 39.8 Å². The number of benzene rings is 1. The number of rotatable bonds is 6. The molecule has 6 nitrogen and oxygen atoms in total. The van der Waals surface area contributed by atoms with Crippen LogP contribution in [0, 0.1) is 21.4 Å². The second-order valence-corrected chi connectivity index (χ2v) is 6.13. The minimum Gasteiger partial charge on any atom is -0.392 e. The van der Waals surface area contributed by atoms with Crippen LogP contribution in [0.4, 0.5) is 5.69 Å². The molecule has 1 atom stereocenters. The first-order valence-corrected chi connectivity index (χ1v) is 6.86. The number of aliphatic hydroxyl groups excluding tert-OH is 1. The van der Waals surface area contributed by atoms with E-state index in [0.717, 1.165) is 0 Å². The summed E-state index contributed by atoms with van der Waals surface area (Å²) < 4.78 is 0. The maximum Gasteiger partial charge on any atom is 0.282 e. The maximum absolute atomic E-state index is 12.1. The number of hydrogen-bond acceptors (Lipinski definition) is 4. The zero-order chi connectivity index (χ0) is 16.2. The summed E-state index contributed by atoms with van der Waals surface area (Å²) in [6.45, 7) is 7.72. The molecule has 1 unspecified atom stereocenters. The number of carbonyl (C=O) groups is 1. The highest BCUT2D eigenvalue weighted by Crippen LogP contribution is 2.25. The van der Waals surface area contributed by atoms with Crippen LogP contribution < -0.4 is 5.32 Å². The van der Waals surface area contributed by atoms with E-state index in [1.165, 1.54) is 18.2 Å². The standard InChI is InChI=1S/C15H22N2O4/c1-10(2)13(18)15(3,4)9-16-14(19)11-7-5-6-8-12(11)17(20)21/h5-8,10,13,18H,9H2,1-4H3,(H,16,19). The van der Waals surface area contributed by atoms with Crippen molar-refractivity contribution < 1.29 is 14.8 Å². The molecule has 0 heterocycles. The van der Waals surface area contributed by atoms with Crippen molar-refractivity contribution in [1.82, 2.24) is 5.32 Å². The van der Waals surface area contributed by atoms with Crippen LogP contribution in [0.1, 0.15) is 38.1 Å². The summed E-state index contributed by atoms with van der Waals surface area (Å²) in [6, 6.07) is 5.81. The first-order valence-electron chi connectivity index (χ1n) is 6.86. The molecular formula is C15H22N2O4. The van der Waals surface area contributed by atoms with Crippen LogP contribution in [0.5, 0.6) is 0 Å². The molecule has 0 radical (unpaired) electrons. The summed E-state index contributed by atoms with van der Waals surface area (Å²) in [5, 5.41) is 23.7. The number of carbonyl (C=O) groups excluding carboxylic acids is 1. The minimum absolute atomic E-state index is 0.0253. The number of amides is 1. The van der Waals surface area contributed by atoms with Crippen molar-refractivity contribution >= 4 is 11.6 Å². The molecule has 21 heavy (non-hydrogen) atoms. The van der Waals surface area contributed by atoms with E-state index in [1.807, 2.05) is 27.7 Å². The zero-order valence-corrected chi connectivity index (χ0v) is 12.8. The van der Waals surface area contributed by atoms with E-state index < -0.39 is 22.3 Å². The summed E-state index contributed by atoms with van der Waals surface area (Å²) >= 11 is 0. The summed E-state index contributed by atoms with van der Waals surface area (Å²) in [7, 11) is 0. The SMILES string of the molecule is CC(C)C(O)C(C)(C)CNC(=O)c1ccccc1[N+](=O)[O-]. The van der Waals surface area contributed by atoms with Gasteiger partial charge in [-0.25, -0.2) is 0 Å². The van der Waals surface area contributed by atoms with Crippen molar-refractivity contribution in [3.63, 3.8) is 0 Å². The van der Waals surface area contributed by atoms with Gasteiger partial charge in [-0.3, -0.25) is 14.9 Å². The fourth-order valence-electron chi connectivity index (χ4n) is 2.24. The van der Waals surface area contributed by atoms with Gasteiger partial charge in [-0.05, 0) is 12.0 Å². The molecule has 0 saturated heterocycles. The van der Waals surface area contributed by atoms with Crippen LogP contribution in [0.2, 0.25) is 0 Å². The number of nitro benzene ring substituents is 1. The fourth-order valence-corrected chi connectivity index (χ4v) is 2.24. The summed E-state index contributed by atoms with van der Waals surface area (Å²) in [5.41, 5.74) is -0.720. The van der Waals surface area contributed by atoms with Crippen molar-refractivity contribution in [3.05, 3.63) is 39.9 Å². The Bertz CT molecular complexity index is 526. The third-order valence-electron chi connectivity index (χ3n) is 3.48. The summed E-state index contributed by atoms with van der Waals surface area (Å²) in [6.07, 6.45) is -0.580. The van der Waals surface area contributed by atoms with Crippen LogP contribution in [0.25, 0.3) is 0 Å². The Morgan fingerprint density at radius 2 is 1.95 bits per heavy atom. The Morgan fingerprint density at radius 1 is 1.38 bits per heavy atom. The number of nitrogens with one attached hydrogen (secondary N) is 1. The largest absolute Gasteiger partial charge is 0.392 e. The molecular weight excluding hydrogens is 272 g/mol. The van der Waals surface area contributed by atoms with Crippen LogP contribution in [-0.2, 0) is 0 Å². The highest BCUT2D eigenvalue weighted by atomic mass is 16.6. The van der Waals surface area contributed by atoms with Gasteiger partial charge < -0.3 is 10.4 Å². The molecule has 0 aliphatic rings. The molecule has 0 aromatic heterocycles. The maximum atomic E-state index is 12.1. The van der Waals surface area contributed by atoms with E-state index in [1.54, 1.807) is 6.07 Å². The molecule has 6 heteroatoms. The van der Waals surface area contributed by atoms with Gasteiger partial charge in [0.2, 0.25) is 0 Å². The molecule has 1 amide bonds. The number of para-hydroxylation sites is 1. The highest BCUT2D eigenvalue weighted by Gasteiger charge is 2.31. The lowest BCUT2D eigenvalue weighted by Crippen LogP contribution is -2.43. The summed E-state index contributed by atoms with van der Waals surface area (Å²) in [4.78, 5) is 22.4. The number of aliphatic hydroxyl groups is 1. The van der Waals surface area contributed by atoms with Crippen LogP contribution in [0.15, 0.2) is 24.3 Å². The second-order valence-electron chi connectivity index (χ2n) is 6.13. The van der Waals surface area contributed by atoms with Crippen molar-refractivity contribution in [3.8, 4) is 0 Å². The summed E-state index contributed by atoms with van der Waals surface area (Å²) in [5.74, 6) is -0.450. The lowest BCUT2D eigenvalue weighted by atomic mass is 9.80. The first kappa shape index (κ1) is 17.1. The Hall–Kier alpha value is -1.95. The van der Waals surface area contributed by atoms with Crippen molar-refractivity contribution in [2.24, 2.45) is 11.3 Å². The Kier molecular flexibility index (Phi) is 5.43. The van der Waals surface area contributed by atoms with Crippen molar-refractivity contribution in [2.75, 3.05) is 6.54 Å². The first-order chi connectivity index (χ1) is 9.66. The molecule has 0 bridgehead atoms. The van der Waals surface area contributed by atoms with Crippen molar-refractivity contribution in [2.45, 2.75) is 33.8 Å². The van der Waals surface area contributed by atoms with Gasteiger partial charge in [-0.15, -0.1) is 0 Å². The van der Waals surface area contributed by atoms with Gasteiger partial charge in [0, 0.05) is 18.0 Å². The van der Waals surface area contributed by atoms with E-state index >= 15 is 0 Å². The van der Waals surface area contributed by atoms with Gasteiger partial charge in [0.25, 0.3) is 11.6 Å². The van der Waals surface area contributed by atoms with Crippen LogP contribution >= 0.6 is 0 Å². The van der Waals surface area contributed by atoms with E-state index in [2.05, 4.69) is 5.32 Å². The number of hydrogen-bond donors (Lipinski definition) is 2. The van der Waals surface area contributed by atoms with Gasteiger partial charge in [0.1, 0.15) is 5.56 Å². The molecule has 0 aliphatic carbocycles. The quantitative estimate of drug-likeness (QED) is 0.622. The van der Waals surface area contributed by atoms with E-state index in [4.69, 9.17) is 0 Å². The molecule has 1 aromatic carbocycles. The number of nitrogens with zero attached hydrogens (tertiary/aromatic N) is 1. The average Bonchev–Trinajstić information content (AvgIpc) is 2.43. The predicted molar refractivity (Wildman–Crippen MR) is 80.1 cm³/mol. The molecule has 2 N–H and O–H groups in total. The van der Waals surface area contributed by atoms with Crippen molar-refractivity contribution in [1.29, 1.82) is 0 Å². The Balaban J connectivity index is 2.82. The third kappa shape index (κ3) is 4.26.